The van der Waals surface area contributed by atoms with E-state index in [-0.39, 0.29) is 18.1 Å². The number of amides is 2. The molecule has 0 radical (unpaired) electrons. The molecule has 2 aromatic heterocycles. The Balaban J connectivity index is 1.65. The number of nitrogens with one attached hydrogen (secondary N) is 1. The van der Waals surface area contributed by atoms with Gasteiger partial charge in [0.1, 0.15) is 17.4 Å². The quantitative estimate of drug-likeness (QED) is 0.319. The van der Waals surface area contributed by atoms with E-state index in [2.05, 4.69) is 41.5 Å². The molecule has 2 heterocycles. The van der Waals surface area contributed by atoms with Gasteiger partial charge < -0.3 is 21.6 Å². The molecule has 0 aliphatic heterocycles. The number of anilines is 1. The predicted octanol–water partition coefficient (Wildman–Crippen LogP) is 3.28. The van der Waals surface area contributed by atoms with Gasteiger partial charge in [0.15, 0.2) is 5.82 Å². The van der Waals surface area contributed by atoms with Crippen LogP contribution in [0.25, 0.3) is 0 Å². The molecule has 0 saturated carbocycles. The molecule has 2 amide bonds. The van der Waals surface area contributed by atoms with Crippen molar-refractivity contribution in [2.75, 3.05) is 11.2 Å². The number of rotatable bonds is 9. The van der Waals surface area contributed by atoms with Crippen molar-refractivity contribution in [3.05, 3.63) is 52.2 Å². The summed E-state index contributed by atoms with van der Waals surface area (Å²) in [6.45, 7) is 8.07. The fourth-order valence-corrected chi connectivity index (χ4v) is 4.48. The average molecular weight is 475 g/mol. The summed E-state index contributed by atoms with van der Waals surface area (Å²) in [6, 6.07) is 7.67. The highest BCUT2D eigenvalue weighted by atomic mass is 32.2. The van der Waals surface area contributed by atoms with Crippen LogP contribution in [0.3, 0.4) is 0 Å². The second-order valence-corrected chi connectivity index (χ2v) is 9.75. The van der Waals surface area contributed by atoms with Crippen molar-refractivity contribution in [2.24, 2.45) is 5.73 Å². The van der Waals surface area contributed by atoms with Crippen molar-refractivity contribution < 1.29 is 14.3 Å². The maximum Gasteiger partial charge on any atom is 0.251 e. The van der Waals surface area contributed by atoms with E-state index in [0.29, 0.717) is 21.9 Å². The Labute approximate surface area is 194 Å². The number of thiophene rings is 1. The van der Waals surface area contributed by atoms with Crippen LogP contribution in [0.2, 0.25) is 0 Å². The Kier molecular flexibility index (Phi) is 7.41. The van der Waals surface area contributed by atoms with E-state index in [4.69, 9.17) is 16.3 Å². The normalized spacial score (nSPS) is 12.0. The van der Waals surface area contributed by atoms with Gasteiger partial charge in [-0.05, 0) is 48.4 Å². The molecular weight excluding hydrogens is 448 g/mol. The summed E-state index contributed by atoms with van der Waals surface area (Å²) in [6.07, 6.45) is 0. The Morgan fingerprint density at radius 3 is 2.69 bits per heavy atom. The highest BCUT2D eigenvalue weighted by molar-refractivity contribution is 8.00. The number of benzene rings is 1. The first-order valence-electron chi connectivity index (χ1n) is 9.94. The highest BCUT2D eigenvalue weighted by Crippen LogP contribution is 2.29. The molecule has 0 aliphatic rings. The molecule has 1 atom stereocenters. The predicted molar refractivity (Wildman–Crippen MR) is 127 cm³/mol. The van der Waals surface area contributed by atoms with Crippen LogP contribution >= 0.6 is 23.1 Å². The van der Waals surface area contributed by atoms with Gasteiger partial charge in [0.25, 0.3) is 5.91 Å². The highest BCUT2D eigenvalue weighted by Gasteiger charge is 2.22. The van der Waals surface area contributed by atoms with E-state index < -0.39 is 11.2 Å². The van der Waals surface area contributed by atoms with Crippen molar-refractivity contribution in [2.45, 2.75) is 50.6 Å². The molecular formula is C21H26N6O3S2. The molecule has 0 spiro atoms. The zero-order valence-electron chi connectivity index (χ0n) is 18.3. The minimum atomic E-state index is -0.595. The number of aromatic nitrogens is 3. The van der Waals surface area contributed by atoms with Gasteiger partial charge in [-0.1, -0.05) is 37.7 Å². The van der Waals surface area contributed by atoms with Crippen LogP contribution in [0.15, 0.2) is 34.8 Å². The van der Waals surface area contributed by atoms with E-state index >= 15 is 0 Å². The van der Waals surface area contributed by atoms with Crippen LogP contribution in [-0.2, 0) is 11.4 Å². The smallest absolute Gasteiger partial charge is 0.251 e. The molecule has 0 fully saturated rings. The number of nitrogens with zero attached hydrogens (tertiary/aromatic N) is 3. The molecule has 0 saturated heterocycles. The largest absolute Gasteiger partial charge is 0.485 e. The van der Waals surface area contributed by atoms with Gasteiger partial charge >= 0.3 is 0 Å². The first kappa shape index (κ1) is 23.6. The van der Waals surface area contributed by atoms with Crippen LogP contribution < -0.4 is 21.6 Å². The number of carbonyl (C=O) groups is 2. The van der Waals surface area contributed by atoms with Crippen molar-refractivity contribution in [3.63, 3.8) is 0 Å². The van der Waals surface area contributed by atoms with Crippen molar-refractivity contribution >= 4 is 39.9 Å². The van der Waals surface area contributed by atoms with Gasteiger partial charge in [-0.25, -0.2) is 4.68 Å². The molecule has 3 aromatic rings. The third-order valence-electron chi connectivity index (χ3n) is 4.70. The van der Waals surface area contributed by atoms with Gasteiger partial charge in [-0.15, -0.1) is 21.5 Å². The molecule has 3 rings (SSSR count). The molecule has 11 heteroatoms. The summed E-state index contributed by atoms with van der Waals surface area (Å²) in [5, 5.41) is 12.9. The van der Waals surface area contributed by atoms with Crippen LogP contribution in [0, 0.1) is 6.92 Å². The van der Waals surface area contributed by atoms with Gasteiger partial charge in [-0.3, -0.25) is 9.59 Å². The van der Waals surface area contributed by atoms with Crippen molar-refractivity contribution in [1.29, 1.82) is 0 Å². The lowest BCUT2D eigenvalue weighted by Crippen LogP contribution is -2.25. The second kappa shape index (κ2) is 10.0. The average Bonchev–Trinajstić information content (AvgIpc) is 3.33. The number of thioether (sulfide) groups is 1. The molecule has 1 aromatic carbocycles. The molecule has 1 unspecified atom stereocenters. The molecule has 170 valence electrons. The number of hydrogen-bond donors (Lipinski definition) is 3. The molecule has 0 bridgehead atoms. The topological polar surface area (TPSA) is 138 Å². The van der Waals surface area contributed by atoms with E-state index in [9.17, 15) is 9.59 Å². The lowest BCUT2D eigenvalue weighted by Gasteiger charge is -2.15. The van der Waals surface area contributed by atoms with Crippen LogP contribution in [-0.4, -0.2) is 31.9 Å². The summed E-state index contributed by atoms with van der Waals surface area (Å²) >= 11 is 2.38. The zero-order chi connectivity index (χ0) is 23.4. The van der Waals surface area contributed by atoms with E-state index in [1.54, 1.807) is 18.4 Å². The van der Waals surface area contributed by atoms with Crippen molar-refractivity contribution in [3.8, 4) is 5.75 Å². The van der Waals surface area contributed by atoms with Gasteiger partial charge in [0.05, 0.1) is 10.8 Å². The third kappa shape index (κ3) is 5.40. The zero-order valence-corrected chi connectivity index (χ0v) is 19.9. The maximum atomic E-state index is 12.6. The summed E-state index contributed by atoms with van der Waals surface area (Å²) < 4.78 is 7.30. The maximum absolute atomic E-state index is 12.6. The summed E-state index contributed by atoms with van der Waals surface area (Å²) in [5.74, 6) is 6.77. The fourth-order valence-electron chi connectivity index (χ4n) is 2.90. The monoisotopic (exact) mass is 474 g/mol. The second-order valence-electron chi connectivity index (χ2n) is 7.53. The number of nitrogens with two attached hydrogens (primary N) is 2. The van der Waals surface area contributed by atoms with Crippen molar-refractivity contribution in [1.82, 2.24) is 14.9 Å². The Morgan fingerprint density at radius 2 is 2.00 bits per heavy atom. The third-order valence-corrected chi connectivity index (χ3v) is 6.59. The molecule has 0 aliphatic carbocycles. The summed E-state index contributed by atoms with van der Waals surface area (Å²) in [5.41, 5.74) is 7.80. The lowest BCUT2D eigenvalue weighted by atomic mass is 10.0. The first-order valence-corrected chi connectivity index (χ1v) is 11.7. The number of carbonyl (C=O) groups excluding carboxylic acids is 2. The lowest BCUT2D eigenvalue weighted by molar-refractivity contribution is -0.115. The minimum absolute atomic E-state index is 0.144. The van der Waals surface area contributed by atoms with Crippen LogP contribution in [0.1, 0.15) is 54.0 Å². The van der Waals surface area contributed by atoms with E-state index in [1.807, 2.05) is 13.0 Å². The number of ether oxygens (including phenoxy) is 1. The van der Waals surface area contributed by atoms with Gasteiger partial charge in [0, 0.05) is 0 Å². The summed E-state index contributed by atoms with van der Waals surface area (Å²) in [4.78, 5) is 24.0. The first-order chi connectivity index (χ1) is 15.2. The Hall–Kier alpha value is -3.05. The molecule has 32 heavy (non-hydrogen) atoms. The van der Waals surface area contributed by atoms with Gasteiger partial charge in [-0.2, -0.15) is 0 Å². The van der Waals surface area contributed by atoms with E-state index in [0.717, 1.165) is 28.6 Å². The SMILES string of the molecule is Cc1ccc(C(C)C)c(OCc2nnc(SC(C)C(=O)Nc3sccc3C(N)=O)n2N)c1. The Bertz CT molecular complexity index is 1120. The standard InChI is InChI=1S/C21H26N6O3S2/c1-11(2)14-6-5-12(3)9-16(14)30-10-17-25-26-21(27(17)23)32-13(4)19(29)24-20-15(18(22)28)7-8-31-20/h5-9,11,13H,10,23H2,1-4H3,(H2,22,28)(H,24,29). The van der Waals surface area contributed by atoms with Crippen LogP contribution in [0.5, 0.6) is 5.75 Å². The minimum Gasteiger partial charge on any atom is -0.485 e. The fraction of sp³-hybridized carbons (Fsp3) is 0.333. The molecule has 5 N–H and O–H groups in total. The Morgan fingerprint density at radius 1 is 1.25 bits per heavy atom. The number of aryl methyl sites for hydroxylation is 1. The number of nitrogen functional groups attached to an aromatic ring is 1. The van der Waals surface area contributed by atoms with Crippen LogP contribution in [0.4, 0.5) is 5.00 Å². The van der Waals surface area contributed by atoms with Gasteiger partial charge in [0.2, 0.25) is 11.1 Å². The molecule has 9 nitrogen and oxygen atoms in total. The number of hydrogen-bond acceptors (Lipinski definition) is 8. The number of primary amides is 1. The van der Waals surface area contributed by atoms with E-state index in [1.165, 1.54) is 16.0 Å². The summed E-state index contributed by atoms with van der Waals surface area (Å²) in [7, 11) is 0.